The second-order valence-corrected chi connectivity index (χ2v) is 4.73. The van der Waals surface area contributed by atoms with E-state index >= 15 is 0 Å². The largest absolute Gasteiger partial charge is 0.507 e. The van der Waals surface area contributed by atoms with Crippen LogP contribution >= 0.6 is 61.1 Å². The summed E-state index contributed by atoms with van der Waals surface area (Å²) in [5.41, 5.74) is 0. The van der Waals surface area contributed by atoms with Crippen molar-refractivity contribution in [3.63, 3.8) is 0 Å². The van der Waals surface area contributed by atoms with E-state index in [-0.39, 0.29) is 0 Å². The van der Waals surface area contributed by atoms with Gasteiger partial charge in [0.25, 0.3) is 0 Å². The van der Waals surface area contributed by atoms with Crippen molar-refractivity contribution in [3.8, 4) is 5.75 Å². The van der Waals surface area contributed by atoms with Crippen LogP contribution in [0.15, 0.2) is 16.6 Å². The van der Waals surface area contributed by atoms with Crippen LogP contribution in [0.25, 0.3) is 0 Å². The Labute approximate surface area is 94.6 Å². The molecule has 1 aromatic rings. The van der Waals surface area contributed by atoms with Gasteiger partial charge in [-0.25, -0.2) is 0 Å². The van der Waals surface area contributed by atoms with Crippen LogP contribution in [0.1, 0.15) is 0 Å². The van der Waals surface area contributed by atoms with Crippen molar-refractivity contribution >= 4 is 61.1 Å². The van der Waals surface area contributed by atoms with Gasteiger partial charge < -0.3 is 5.11 Å². The summed E-state index contributed by atoms with van der Waals surface area (Å²) in [6, 6.07) is 3.55. The molecule has 0 bridgehead atoms. The van der Waals surface area contributed by atoms with E-state index in [9.17, 15) is 5.11 Å². The van der Waals surface area contributed by atoms with Crippen molar-refractivity contribution in [3.05, 3.63) is 23.7 Å². The summed E-state index contributed by atoms with van der Waals surface area (Å²) in [5, 5.41) is 9.18. The molecule has 1 nitrogen and oxygen atoms in total. The van der Waals surface area contributed by atoms with E-state index in [1.165, 1.54) is 0 Å². The summed E-state index contributed by atoms with van der Waals surface area (Å²) in [7, 11) is 0. The first-order valence-electron chi connectivity index (χ1n) is 2.45. The molecule has 0 aromatic heterocycles. The predicted octanol–water partition coefficient (Wildman–Crippen LogP) is 3.36. The summed E-state index contributed by atoms with van der Waals surface area (Å²) >= 11 is 7.65. The Morgan fingerprint density at radius 3 is 2.40 bits per heavy atom. The minimum absolute atomic E-state index is 0.327. The summed E-state index contributed by atoms with van der Waals surface area (Å²) in [5.74, 6) is 0.327. The van der Waals surface area contributed by atoms with Gasteiger partial charge in [0.2, 0.25) is 0 Å². The molecule has 0 saturated heterocycles. The van der Waals surface area contributed by atoms with E-state index in [0.717, 1.165) is 11.6 Å². The molecule has 1 aromatic carbocycles. The Balaban J connectivity index is 3.34. The summed E-state index contributed by atoms with van der Waals surface area (Å²) < 4.78 is 2.94. The third kappa shape index (κ3) is 1.76. The summed E-state index contributed by atoms with van der Waals surface area (Å²) in [6.07, 6.45) is 0. The monoisotopic (exact) mass is 424 g/mol. The quantitative estimate of drug-likeness (QED) is 0.500. The lowest BCUT2D eigenvalue weighted by Crippen LogP contribution is -1.79. The number of rotatable bonds is 0. The second kappa shape index (κ2) is 3.57. The van der Waals surface area contributed by atoms with E-state index in [1.807, 2.05) is 6.07 Å². The molecule has 0 aliphatic carbocycles. The topological polar surface area (TPSA) is 20.2 Å². The predicted molar refractivity (Wildman–Crippen MR) is 61.2 cm³/mol. The second-order valence-electron chi connectivity index (χ2n) is 1.69. The molecule has 10 heavy (non-hydrogen) atoms. The van der Waals surface area contributed by atoms with Crippen LogP contribution in [-0.2, 0) is 0 Å². The van der Waals surface area contributed by atoms with Gasteiger partial charge >= 0.3 is 0 Å². The number of aromatic hydroxyl groups is 1. The Kier molecular flexibility index (Phi) is 3.23. The molecule has 0 aliphatic heterocycles. The highest BCUT2D eigenvalue weighted by Gasteiger charge is 2.04. The lowest BCUT2D eigenvalue weighted by Gasteiger charge is -2.00. The van der Waals surface area contributed by atoms with E-state index < -0.39 is 0 Å². The van der Waals surface area contributed by atoms with Gasteiger partial charge in [0.15, 0.2) is 0 Å². The molecule has 0 atom stereocenters. The number of hydrogen-bond donors (Lipinski definition) is 1. The molecule has 4 heteroatoms. The fourth-order valence-electron chi connectivity index (χ4n) is 0.516. The van der Waals surface area contributed by atoms with E-state index in [1.54, 1.807) is 6.07 Å². The zero-order valence-electron chi connectivity index (χ0n) is 4.74. The molecule has 1 rings (SSSR count). The molecule has 0 spiro atoms. The molecule has 0 heterocycles. The molecule has 0 aliphatic rings. The number of phenolic OH excluding ortho intramolecular Hbond substituents is 1. The number of benzene rings is 1. The van der Waals surface area contributed by atoms with Crippen LogP contribution in [0.5, 0.6) is 5.75 Å². The molecule has 0 saturated carbocycles. The highest BCUT2D eigenvalue weighted by molar-refractivity contribution is 14.1. The minimum Gasteiger partial charge on any atom is -0.507 e. The van der Waals surface area contributed by atoms with Gasteiger partial charge in [0, 0.05) is 8.04 Å². The highest BCUT2D eigenvalue weighted by Crippen LogP contribution is 2.31. The van der Waals surface area contributed by atoms with Crippen LogP contribution in [0.4, 0.5) is 0 Å². The van der Waals surface area contributed by atoms with Gasteiger partial charge in [-0.3, -0.25) is 0 Å². The van der Waals surface area contributed by atoms with Gasteiger partial charge in [-0.1, -0.05) is 0 Å². The van der Waals surface area contributed by atoms with Crippen LogP contribution in [-0.4, -0.2) is 5.11 Å². The van der Waals surface area contributed by atoms with E-state index in [0.29, 0.717) is 5.75 Å². The smallest absolute Gasteiger partial charge is 0.130 e. The molecule has 0 fully saturated rings. The van der Waals surface area contributed by atoms with Crippen molar-refractivity contribution < 1.29 is 5.11 Å². The molecule has 54 valence electrons. The first kappa shape index (κ1) is 9.05. The van der Waals surface area contributed by atoms with Gasteiger partial charge in [-0.2, -0.15) is 0 Å². The third-order valence-electron chi connectivity index (χ3n) is 1.01. The molecule has 0 amide bonds. The summed E-state index contributed by atoms with van der Waals surface area (Å²) in [4.78, 5) is 0. The SMILES string of the molecule is Oc1ccc(I)c(Br)c1I. The molecule has 0 radical (unpaired) electrons. The van der Waals surface area contributed by atoms with Crippen LogP contribution in [0, 0.1) is 7.14 Å². The van der Waals surface area contributed by atoms with Gasteiger partial charge in [0.05, 0.1) is 3.57 Å². The number of hydrogen-bond acceptors (Lipinski definition) is 1. The third-order valence-corrected chi connectivity index (χ3v) is 5.31. The average Bonchev–Trinajstić information content (AvgIpc) is 1.93. The number of phenols is 1. The Hall–Kier alpha value is 0.960. The zero-order chi connectivity index (χ0) is 7.72. The standard InChI is InChI=1S/C6H3BrI2O/c7-5-3(8)1-2-4(10)6(5)9/h1-2,10H. The normalized spacial score (nSPS) is 9.90. The zero-order valence-corrected chi connectivity index (χ0v) is 10.6. The fraction of sp³-hybridized carbons (Fsp3) is 0. The molecule has 0 unspecified atom stereocenters. The van der Waals surface area contributed by atoms with Crippen molar-refractivity contribution in [1.82, 2.24) is 0 Å². The van der Waals surface area contributed by atoms with Gasteiger partial charge in [0.1, 0.15) is 5.75 Å². The Bertz CT molecular complexity index is 235. The minimum atomic E-state index is 0.327. The maximum atomic E-state index is 9.18. The van der Waals surface area contributed by atoms with Crippen LogP contribution in [0.3, 0.4) is 0 Å². The highest BCUT2D eigenvalue weighted by atomic mass is 127. The maximum Gasteiger partial charge on any atom is 0.130 e. The van der Waals surface area contributed by atoms with Crippen molar-refractivity contribution in [2.75, 3.05) is 0 Å². The first-order chi connectivity index (χ1) is 4.63. The maximum absolute atomic E-state index is 9.18. The Morgan fingerprint density at radius 1 is 1.30 bits per heavy atom. The summed E-state index contributed by atoms with van der Waals surface area (Å²) in [6.45, 7) is 0. The molecular weight excluding hydrogens is 422 g/mol. The van der Waals surface area contributed by atoms with E-state index in [4.69, 9.17) is 0 Å². The average molecular weight is 425 g/mol. The molecular formula is C6H3BrI2O. The van der Waals surface area contributed by atoms with Gasteiger partial charge in [-0.05, 0) is 73.2 Å². The van der Waals surface area contributed by atoms with E-state index in [2.05, 4.69) is 61.1 Å². The lowest BCUT2D eigenvalue weighted by atomic mass is 10.3. The van der Waals surface area contributed by atoms with Crippen molar-refractivity contribution in [1.29, 1.82) is 0 Å². The van der Waals surface area contributed by atoms with Gasteiger partial charge in [-0.15, -0.1) is 0 Å². The fourth-order valence-corrected chi connectivity index (χ4v) is 2.29. The van der Waals surface area contributed by atoms with Crippen LogP contribution < -0.4 is 0 Å². The van der Waals surface area contributed by atoms with Crippen LogP contribution in [0.2, 0.25) is 0 Å². The van der Waals surface area contributed by atoms with Crippen molar-refractivity contribution in [2.45, 2.75) is 0 Å². The Morgan fingerprint density at radius 2 is 1.90 bits per heavy atom. The lowest BCUT2D eigenvalue weighted by molar-refractivity contribution is 0.471. The number of halogens is 3. The molecule has 1 N–H and O–H groups in total. The van der Waals surface area contributed by atoms with Crippen molar-refractivity contribution in [2.24, 2.45) is 0 Å². The first-order valence-corrected chi connectivity index (χ1v) is 5.40.